The topological polar surface area (TPSA) is 118 Å². The molecule has 2 bridgehead atoms. The van der Waals surface area contributed by atoms with Crippen LogP contribution in [-0.2, 0) is 9.59 Å². The van der Waals surface area contributed by atoms with E-state index in [1.165, 1.54) is 42.5 Å². The number of nitro benzene ring substituents is 1. The third-order valence-corrected chi connectivity index (χ3v) is 9.50. The SMILES string of the molecule is O=C(CN(C(=O)c1ccc(Cl)c(Cl)c1)N1C(=O)[C@@H]2C3c4ccccc4C(c4ccccc43)[C@H]2C1=O)c1ccc([N+](=O)[O-])cc1. The highest BCUT2D eigenvalue weighted by molar-refractivity contribution is 6.42. The molecule has 0 spiro atoms. The fraction of sp³-hybridized carbons (Fsp3) is 0.152. The van der Waals surface area contributed by atoms with E-state index in [-0.39, 0.29) is 26.9 Å². The molecule has 1 fully saturated rings. The molecule has 3 aliphatic carbocycles. The number of hydrogen-bond donors (Lipinski definition) is 0. The molecule has 2 atom stereocenters. The molecule has 0 unspecified atom stereocenters. The van der Waals surface area contributed by atoms with Gasteiger partial charge in [-0.25, -0.2) is 5.01 Å². The highest BCUT2D eigenvalue weighted by Crippen LogP contribution is 2.61. The lowest BCUT2D eigenvalue weighted by molar-refractivity contribution is -0.384. The first kappa shape index (κ1) is 27.9. The van der Waals surface area contributed by atoms with E-state index in [1.807, 2.05) is 48.5 Å². The van der Waals surface area contributed by atoms with Gasteiger partial charge in [0.25, 0.3) is 23.4 Å². The maximum atomic E-state index is 14.4. The van der Waals surface area contributed by atoms with Crippen LogP contribution in [0.2, 0.25) is 10.0 Å². The van der Waals surface area contributed by atoms with Crippen LogP contribution < -0.4 is 0 Å². The number of hydrogen-bond acceptors (Lipinski definition) is 6. The number of imide groups is 1. The van der Waals surface area contributed by atoms with Crippen LogP contribution in [0.5, 0.6) is 0 Å². The zero-order chi connectivity index (χ0) is 30.9. The van der Waals surface area contributed by atoms with Crippen LogP contribution in [0.15, 0.2) is 91.0 Å². The number of halogens is 2. The van der Waals surface area contributed by atoms with Crippen molar-refractivity contribution in [1.29, 1.82) is 0 Å². The minimum absolute atomic E-state index is 0.0147. The number of nitro groups is 1. The number of amides is 3. The van der Waals surface area contributed by atoms with Crippen LogP contribution in [0.4, 0.5) is 5.69 Å². The highest BCUT2D eigenvalue weighted by Gasteiger charge is 2.63. The Morgan fingerprint density at radius 2 is 1.20 bits per heavy atom. The van der Waals surface area contributed by atoms with Crippen LogP contribution >= 0.6 is 23.2 Å². The molecule has 0 saturated carbocycles. The Labute approximate surface area is 260 Å². The third-order valence-electron chi connectivity index (χ3n) is 8.76. The van der Waals surface area contributed by atoms with Gasteiger partial charge in [0.05, 0.1) is 26.8 Å². The van der Waals surface area contributed by atoms with Crippen molar-refractivity contribution in [3.05, 3.63) is 145 Å². The zero-order valence-electron chi connectivity index (χ0n) is 22.7. The number of non-ortho nitro benzene ring substituents is 1. The van der Waals surface area contributed by atoms with Gasteiger partial charge in [0, 0.05) is 35.1 Å². The van der Waals surface area contributed by atoms with Crippen molar-refractivity contribution in [2.75, 3.05) is 6.54 Å². The predicted octanol–water partition coefficient (Wildman–Crippen LogP) is 6.03. The molecule has 4 aromatic rings. The van der Waals surface area contributed by atoms with Crippen LogP contribution in [0.25, 0.3) is 0 Å². The van der Waals surface area contributed by atoms with Crippen molar-refractivity contribution in [1.82, 2.24) is 10.0 Å². The molecule has 218 valence electrons. The minimum Gasteiger partial charge on any atom is -0.292 e. The number of carbonyl (C=O) groups is 4. The van der Waals surface area contributed by atoms with Crippen LogP contribution in [-0.4, -0.2) is 45.0 Å². The summed E-state index contributed by atoms with van der Waals surface area (Å²) in [5, 5.41) is 13.1. The summed E-state index contributed by atoms with van der Waals surface area (Å²) in [4.78, 5) is 66.8. The molecular weight excluding hydrogens is 605 g/mol. The van der Waals surface area contributed by atoms with Crippen molar-refractivity contribution >= 4 is 52.4 Å². The minimum atomic E-state index is -0.804. The maximum absolute atomic E-state index is 14.4. The second-order valence-corrected chi connectivity index (χ2v) is 11.8. The molecule has 3 amide bonds. The first-order chi connectivity index (χ1) is 21.2. The van der Waals surface area contributed by atoms with E-state index in [2.05, 4.69) is 0 Å². The summed E-state index contributed by atoms with van der Waals surface area (Å²) in [5.41, 5.74) is 3.72. The van der Waals surface area contributed by atoms with Crippen LogP contribution in [0.1, 0.15) is 54.8 Å². The summed E-state index contributed by atoms with van der Waals surface area (Å²) in [5.74, 6) is -4.98. The van der Waals surface area contributed by atoms with Gasteiger partial charge in [-0.1, -0.05) is 71.7 Å². The summed E-state index contributed by atoms with van der Waals surface area (Å²) < 4.78 is 0. The lowest BCUT2D eigenvalue weighted by Gasteiger charge is -2.45. The van der Waals surface area contributed by atoms with Gasteiger partial charge in [-0.3, -0.25) is 29.3 Å². The van der Waals surface area contributed by atoms with Gasteiger partial charge >= 0.3 is 0 Å². The van der Waals surface area contributed by atoms with Gasteiger partial charge in [0.2, 0.25) is 0 Å². The smallest absolute Gasteiger partial charge is 0.273 e. The zero-order valence-corrected chi connectivity index (χ0v) is 24.2. The molecule has 1 saturated heterocycles. The van der Waals surface area contributed by atoms with Crippen LogP contribution in [0.3, 0.4) is 0 Å². The molecule has 11 heteroatoms. The number of ketones is 1. The monoisotopic (exact) mass is 625 g/mol. The van der Waals surface area contributed by atoms with Crippen molar-refractivity contribution in [3.8, 4) is 0 Å². The lowest BCUT2D eigenvalue weighted by Crippen LogP contribution is -2.52. The quantitative estimate of drug-likeness (QED) is 0.112. The second kappa shape index (κ2) is 10.4. The molecule has 0 radical (unpaired) electrons. The summed E-state index contributed by atoms with van der Waals surface area (Å²) >= 11 is 12.3. The fourth-order valence-electron chi connectivity index (χ4n) is 6.91. The third kappa shape index (κ3) is 4.15. The maximum Gasteiger partial charge on any atom is 0.273 e. The summed E-state index contributed by atoms with van der Waals surface area (Å²) in [6.45, 7) is -0.678. The lowest BCUT2D eigenvalue weighted by atomic mass is 9.55. The molecule has 44 heavy (non-hydrogen) atoms. The average molecular weight is 626 g/mol. The molecule has 4 aromatic carbocycles. The second-order valence-electron chi connectivity index (χ2n) is 11.0. The molecule has 0 N–H and O–H groups in total. The van der Waals surface area contributed by atoms with E-state index in [9.17, 15) is 29.3 Å². The van der Waals surface area contributed by atoms with E-state index in [4.69, 9.17) is 23.2 Å². The summed E-state index contributed by atoms with van der Waals surface area (Å²) in [6.07, 6.45) is 0. The Bertz CT molecular complexity index is 1810. The Morgan fingerprint density at radius 3 is 1.66 bits per heavy atom. The molecule has 1 heterocycles. The summed E-state index contributed by atoms with van der Waals surface area (Å²) in [7, 11) is 0. The van der Waals surface area contributed by atoms with Crippen LogP contribution in [0, 0.1) is 22.0 Å². The van der Waals surface area contributed by atoms with Gasteiger partial charge in [-0.05, 0) is 52.6 Å². The van der Waals surface area contributed by atoms with E-state index in [0.717, 1.165) is 32.3 Å². The van der Waals surface area contributed by atoms with Gasteiger partial charge in [-0.15, -0.1) is 0 Å². The van der Waals surface area contributed by atoms with Crippen molar-refractivity contribution in [3.63, 3.8) is 0 Å². The molecule has 1 aliphatic heterocycles. The molecule has 9 nitrogen and oxygen atoms in total. The molecule has 0 aromatic heterocycles. The predicted molar refractivity (Wildman–Crippen MR) is 160 cm³/mol. The molecule has 8 rings (SSSR count). The Kier molecular flexibility index (Phi) is 6.60. The number of Topliss-reactive ketones (excluding diaryl/α,β-unsaturated/α-hetero) is 1. The Morgan fingerprint density at radius 1 is 0.727 bits per heavy atom. The largest absolute Gasteiger partial charge is 0.292 e. The fourth-order valence-corrected chi connectivity index (χ4v) is 7.21. The number of benzene rings is 4. The first-order valence-corrected chi connectivity index (χ1v) is 14.5. The number of carbonyl (C=O) groups excluding carboxylic acids is 4. The number of hydrazine groups is 1. The van der Waals surface area contributed by atoms with Gasteiger partial charge in [0.1, 0.15) is 6.54 Å². The molecular formula is C33H21Cl2N3O6. The number of nitrogens with zero attached hydrogens (tertiary/aromatic N) is 3. The van der Waals surface area contributed by atoms with Crippen molar-refractivity contribution in [2.45, 2.75) is 11.8 Å². The van der Waals surface area contributed by atoms with Crippen molar-refractivity contribution < 1.29 is 24.1 Å². The highest BCUT2D eigenvalue weighted by atomic mass is 35.5. The van der Waals surface area contributed by atoms with Gasteiger partial charge < -0.3 is 0 Å². The Hall–Kier alpha value is -4.86. The van der Waals surface area contributed by atoms with Crippen molar-refractivity contribution in [2.24, 2.45) is 11.8 Å². The van der Waals surface area contributed by atoms with E-state index >= 15 is 0 Å². The molecule has 4 aliphatic rings. The Balaban J connectivity index is 1.32. The van der Waals surface area contributed by atoms with E-state index in [0.29, 0.717) is 0 Å². The number of rotatable bonds is 6. The van der Waals surface area contributed by atoms with Gasteiger partial charge in [0.15, 0.2) is 5.78 Å². The van der Waals surface area contributed by atoms with E-state index in [1.54, 1.807) is 0 Å². The van der Waals surface area contributed by atoms with Gasteiger partial charge in [-0.2, -0.15) is 5.01 Å². The average Bonchev–Trinajstić information content (AvgIpc) is 3.30. The normalized spacial score (nSPS) is 21.0. The standard InChI is InChI=1S/C33H21Cl2N3O6/c34-24-14-11-18(15-25(24)35)31(40)36(16-26(39)17-9-12-19(13-10-17)38(43)44)37-32(41)29-27-20-5-1-2-6-21(20)28(30(29)33(37)42)23-8-4-3-7-22(23)27/h1-15,27-30H,16H2/t27?,28?,29-,30-/m1/s1. The van der Waals surface area contributed by atoms with E-state index < -0.39 is 58.6 Å². The summed E-state index contributed by atoms with van der Waals surface area (Å²) in [6, 6.07) is 24.5. The first-order valence-electron chi connectivity index (χ1n) is 13.8.